The summed E-state index contributed by atoms with van der Waals surface area (Å²) in [5.74, 6) is 0.994. The molecule has 0 heterocycles. The van der Waals surface area contributed by atoms with E-state index in [-0.39, 0.29) is 5.78 Å². The predicted molar refractivity (Wildman–Crippen MR) is 64.6 cm³/mol. The van der Waals surface area contributed by atoms with Crippen molar-refractivity contribution < 1.29 is 4.79 Å². The van der Waals surface area contributed by atoms with E-state index in [9.17, 15) is 4.79 Å². The lowest BCUT2D eigenvalue weighted by atomic mass is 9.87. The van der Waals surface area contributed by atoms with Crippen LogP contribution in [0.3, 0.4) is 0 Å². The lowest BCUT2D eigenvalue weighted by Crippen LogP contribution is -2.07. The first-order valence-corrected chi connectivity index (χ1v) is 5.58. The van der Waals surface area contributed by atoms with Gasteiger partial charge in [-0.2, -0.15) is 0 Å². The fraction of sp³-hybridized carbons (Fsp3) is 0.500. The van der Waals surface area contributed by atoms with Crippen molar-refractivity contribution in [3.63, 3.8) is 0 Å². The van der Waals surface area contributed by atoms with E-state index in [4.69, 9.17) is 0 Å². The molecule has 0 radical (unpaired) electrons. The second-order valence-corrected chi connectivity index (χ2v) is 4.68. The third-order valence-corrected chi connectivity index (χ3v) is 2.72. The van der Waals surface area contributed by atoms with E-state index in [1.807, 2.05) is 0 Å². The van der Waals surface area contributed by atoms with Crippen LogP contribution in [0.15, 0.2) is 18.2 Å². The fourth-order valence-corrected chi connectivity index (χ4v) is 1.96. The van der Waals surface area contributed by atoms with Gasteiger partial charge in [-0.25, -0.2) is 0 Å². The molecule has 0 fully saturated rings. The molecule has 0 bridgehead atoms. The zero-order valence-electron chi connectivity index (χ0n) is 10.3. The molecule has 15 heavy (non-hydrogen) atoms. The molecule has 0 aliphatic heterocycles. The summed E-state index contributed by atoms with van der Waals surface area (Å²) in [6.45, 7) is 10.2. The minimum absolute atomic E-state index is 0.183. The van der Waals surface area contributed by atoms with Crippen LogP contribution in [-0.4, -0.2) is 5.78 Å². The number of hydrogen-bond donors (Lipinski definition) is 0. The molecule has 0 saturated heterocycles. The van der Waals surface area contributed by atoms with Gasteiger partial charge < -0.3 is 0 Å². The van der Waals surface area contributed by atoms with Gasteiger partial charge >= 0.3 is 0 Å². The Morgan fingerprint density at radius 2 is 1.40 bits per heavy atom. The highest BCUT2D eigenvalue weighted by molar-refractivity contribution is 5.97. The van der Waals surface area contributed by atoms with Crippen LogP contribution in [0.5, 0.6) is 0 Å². The molecule has 0 N–H and O–H groups in total. The molecule has 0 spiro atoms. The van der Waals surface area contributed by atoms with Gasteiger partial charge in [-0.3, -0.25) is 4.79 Å². The minimum Gasteiger partial charge on any atom is -0.294 e. The molecule has 0 amide bonds. The first kappa shape index (κ1) is 12.0. The maximum Gasteiger partial charge on any atom is 0.160 e. The average Bonchev–Trinajstić information content (AvgIpc) is 2.16. The summed E-state index contributed by atoms with van der Waals surface area (Å²) in [7, 11) is 0. The Bertz CT molecular complexity index is 335. The molecule has 0 atom stereocenters. The summed E-state index contributed by atoms with van der Waals surface area (Å²) in [6, 6.07) is 6.18. The van der Waals surface area contributed by atoms with Crippen molar-refractivity contribution in [3.05, 3.63) is 34.9 Å². The van der Waals surface area contributed by atoms with Gasteiger partial charge in [0.25, 0.3) is 0 Å². The quantitative estimate of drug-likeness (QED) is 0.676. The Hall–Kier alpha value is -1.11. The Morgan fingerprint density at radius 1 is 1.00 bits per heavy atom. The van der Waals surface area contributed by atoms with Crippen LogP contribution >= 0.6 is 0 Å². The van der Waals surface area contributed by atoms with E-state index in [0.29, 0.717) is 11.8 Å². The van der Waals surface area contributed by atoms with Crippen LogP contribution in [0.1, 0.15) is 67.9 Å². The molecule has 0 aromatic heterocycles. The minimum atomic E-state index is 0.183. The topological polar surface area (TPSA) is 17.1 Å². The summed E-state index contributed by atoms with van der Waals surface area (Å²) >= 11 is 0. The standard InChI is InChI=1S/C14H20O/c1-9(2)12-7-6-8-13(10(3)4)14(12)11(5)15/h6-10H,1-5H3. The van der Waals surface area contributed by atoms with Crippen molar-refractivity contribution in [1.29, 1.82) is 0 Å². The average molecular weight is 204 g/mol. The molecule has 0 aliphatic carbocycles. The summed E-state index contributed by atoms with van der Waals surface area (Å²) < 4.78 is 0. The molecule has 1 aromatic carbocycles. The summed E-state index contributed by atoms with van der Waals surface area (Å²) in [5.41, 5.74) is 3.28. The Morgan fingerprint density at radius 3 is 1.67 bits per heavy atom. The van der Waals surface area contributed by atoms with E-state index >= 15 is 0 Å². The van der Waals surface area contributed by atoms with Crippen LogP contribution in [0.2, 0.25) is 0 Å². The third kappa shape index (κ3) is 2.47. The number of carbonyl (C=O) groups excluding carboxylic acids is 1. The normalized spacial score (nSPS) is 11.1. The SMILES string of the molecule is CC(=O)c1c(C(C)C)cccc1C(C)C. The van der Waals surface area contributed by atoms with Crippen LogP contribution in [0, 0.1) is 0 Å². The number of carbonyl (C=O) groups is 1. The van der Waals surface area contributed by atoms with E-state index in [2.05, 4.69) is 45.9 Å². The van der Waals surface area contributed by atoms with Crippen molar-refractivity contribution in [3.8, 4) is 0 Å². The highest BCUT2D eigenvalue weighted by Gasteiger charge is 2.16. The van der Waals surface area contributed by atoms with Crippen LogP contribution < -0.4 is 0 Å². The van der Waals surface area contributed by atoms with Gasteiger partial charge in [0.15, 0.2) is 5.78 Å². The second kappa shape index (κ2) is 4.61. The highest BCUT2D eigenvalue weighted by atomic mass is 16.1. The van der Waals surface area contributed by atoms with E-state index in [1.54, 1.807) is 6.92 Å². The summed E-state index contributed by atoms with van der Waals surface area (Å²) in [5, 5.41) is 0. The van der Waals surface area contributed by atoms with E-state index in [1.165, 1.54) is 11.1 Å². The van der Waals surface area contributed by atoms with Gasteiger partial charge in [-0.05, 0) is 29.9 Å². The van der Waals surface area contributed by atoms with E-state index < -0.39 is 0 Å². The maximum absolute atomic E-state index is 11.7. The van der Waals surface area contributed by atoms with Gasteiger partial charge in [0, 0.05) is 5.56 Å². The molecule has 82 valence electrons. The molecule has 1 heteroatoms. The molecular formula is C14H20O. The van der Waals surface area contributed by atoms with Gasteiger partial charge in [0.05, 0.1) is 0 Å². The van der Waals surface area contributed by atoms with Gasteiger partial charge in [-0.1, -0.05) is 45.9 Å². The Labute approximate surface area is 92.5 Å². The zero-order valence-corrected chi connectivity index (χ0v) is 10.3. The van der Waals surface area contributed by atoms with Gasteiger partial charge in [0.1, 0.15) is 0 Å². The first-order chi connectivity index (χ1) is 6.95. The largest absolute Gasteiger partial charge is 0.294 e. The van der Waals surface area contributed by atoms with Crippen LogP contribution in [0.4, 0.5) is 0 Å². The van der Waals surface area contributed by atoms with Gasteiger partial charge in [0.2, 0.25) is 0 Å². The number of benzene rings is 1. The summed E-state index contributed by atoms with van der Waals surface area (Å²) in [4.78, 5) is 11.7. The number of ketones is 1. The first-order valence-electron chi connectivity index (χ1n) is 5.58. The maximum atomic E-state index is 11.7. The number of Topliss-reactive ketones (excluding diaryl/α,β-unsaturated/α-hetero) is 1. The smallest absolute Gasteiger partial charge is 0.160 e. The molecule has 1 nitrogen and oxygen atoms in total. The molecule has 0 saturated carbocycles. The van der Waals surface area contributed by atoms with Crippen LogP contribution in [-0.2, 0) is 0 Å². The van der Waals surface area contributed by atoms with Crippen molar-refractivity contribution in [2.24, 2.45) is 0 Å². The van der Waals surface area contributed by atoms with Crippen LogP contribution in [0.25, 0.3) is 0 Å². The van der Waals surface area contributed by atoms with Crippen molar-refractivity contribution in [2.45, 2.75) is 46.5 Å². The fourth-order valence-electron chi connectivity index (χ4n) is 1.96. The number of rotatable bonds is 3. The Balaban J connectivity index is 3.42. The predicted octanol–water partition coefficient (Wildman–Crippen LogP) is 4.14. The lowest BCUT2D eigenvalue weighted by Gasteiger charge is -2.17. The lowest BCUT2D eigenvalue weighted by molar-refractivity contribution is 0.101. The van der Waals surface area contributed by atoms with Crippen molar-refractivity contribution >= 4 is 5.78 Å². The third-order valence-electron chi connectivity index (χ3n) is 2.72. The molecule has 0 unspecified atom stereocenters. The Kier molecular flexibility index (Phi) is 3.67. The molecule has 1 aromatic rings. The highest BCUT2D eigenvalue weighted by Crippen LogP contribution is 2.27. The molecular weight excluding hydrogens is 184 g/mol. The van der Waals surface area contributed by atoms with Crippen molar-refractivity contribution in [2.75, 3.05) is 0 Å². The zero-order chi connectivity index (χ0) is 11.6. The van der Waals surface area contributed by atoms with Crippen molar-refractivity contribution in [1.82, 2.24) is 0 Å². The monoisotopic (exact) mass is 204 g/mol. The molecule has 1 rings (SSSR count). The van der Waals surface area contributed by atoms with E-state index in [0.717, 1.165) is 5.56 Å². The second-order valence-electron chi connectivity index (χ2n) is 4.68. The summed E-state index contributed by atoms with van der Waals surface area (Å²) in [6.07, 6.45) is 0. The number of hydrogen-bond acceptors (Lipinski definition) is 1. The molecule has 0 aliphatic rings. The van der Waals surface area contributed by atoms with Gasteiger partial charge in [-0.15, -0.1) is 0 Å².